The fraction of sp³-hybridized carbons (Fsp3) is 0.265. The monoisotopic (exact) mass is 608 g/mol. The van der Waals surface area contributed by atoms with Crippen molar-refractivity contribution in [2.75, 3.05) is 12.3 Å². The summed E-state index contributed by atoms with van der Waals surface area (Å²) in [5.41, 5.74) is 8.18. The number of nitrogen functional groups attached to an aromatic ring is 1. The van der Waals surface area contributed by atoms with Crippen molar-refractivity contribution in [1.29, 1.82) is 5.26 Å². The molecule has 0 bridgehead atoms. The lowest BCUT2D eigenvalue weighted by molar-refractivity contribution is -0.0895. The highest BCUT2D eigenvalue weighted by Gasteiger charge is 2.61. The molecule has 3 N–H and O–H groups in total. The van der Waals surface area contributed by atoms with Crippen molar-refractivity contribution >= 4 is 23.6 Å². The third kappa shape index (κ3) is 6.41. The van der Waals surface area contributed by atoms with E-state index in [-0.39, 0.29) is 34.8 Å². The maximum atomic E-state index is 13.6. The standard InChI is InChI=1S/C34H32N4O7/c1-19-5-11-22(12-6-19)31(39)42-18-26-29(44-32(40)23-13-7-20(2)8-14-23)34(4,45-33(41)24-15-9-21(3)10-16-24)30(43-26)28-27(36)25(17-35)37-38-28/h5-16,26,29-30H,18,36H2,1-4H3,(H,37,38)/t26?,29-,30?,34-/m1/s1. The Labute approximate surface area is 259 Å². The molecule has 2 heterocycles. The molecule has 1 saturated heterocycles. The van der Waals surface area contributed by atoms with Crippen LogP contribution in [-0.2, 0) is 18.9 Å². The van der Waals surface area contributed by atoms with Crippen LogP contribution in [-0.4, -0.2) is 52.5 Å². The van der Waals surface area contributed by atoms with Gasteiger partial charge in [-0.3, -0.25) is 5.10 Å². The summed E-state index contributed by atoms with van der Waals surface area (Å²) < 4.78 is 24.1. The Morgan fingerprint density at radius 1 is 0.867 bits per heavy atom. The number of H-pyrrole nitrogens is 1. The second-order valence-corrected chi connectivity index (χ2v) is 11.2. The lowest BCUT2D eigenvalue weighted by Gasteiger charge is -2.34. The average Bonchev–Trinajstić information content (AvgIpc) is 3.52. The number of nitrogens with one attached hydrogen (secondary N) is 1. The Morgan fingerprint density at radius 3 is 1.84 bits per heavy atom. The fourth-order valence-electron chi connectivity index (χ4n) is 5.09. The molecule has 0 amide bonds. The molecular weight excluding hydrogens is 576 g/mol. The summed E-state index contributed by atoms with van der Waals surface area (Å²) >= 11 is 0. The molecule has 0 spiro atoms. The maximum Gasteiger partial charge on any atom is 0.338 e. The van der Waals surface area contributed by atoms with E-state index in [2.05, 4.69) is 10.2 Å². The Kier molecular flexibility index (Phi) is 8.70. The topological polar surface area (TPSA) is 167 Å². The third-order valence-electron chi connectivity index (χ3n) is 7.72. The van der Waals surface area contributed by atoms with Crippen molar-refractivity contribution < 1.29 is 33.3 Å². The van der Waals surface area contributed by atoms with Crippen LogP contribution >= 0.6 is 0 Å². The van der Waals surface area contributed by atoms with Gasteiger partial charge in [-0.2, -0.15) is 10.4 Å². The minimum absolute atomic E-state index is 0.0268. The van der Waals surface area contributed by atoms with Crippen molar-refractivity contribution in [3.63, 3.8) is 0 Å². The Balaban J connectivity index is 1.54. The number of carbonyl (C=O) groups excluding carboxylic acids is 3. The van der Waals surface area contributed by atoms with Gasteiger partial charge in [-0.15, -0.1) is 0 Å². The van der Waals surface area contributed by atoms with Crippen molar-refractivity contribution in [1.82, 2.24) is 10.2 Å². The lowest BCUT2D eigenvalue weighted by Crippen LogP contribution is -2.49. The van der Waals surface area contributed by atoms with Gasteiger partial charge in [-0.25, -0.2) is 14.4 Å². The smallest absolute Gasteiger partial charge is 0.338 e. The number of hydrogen-bond donors (Lipinski definition) is 2. The quantitative estimate of drug-likeness (QED) is 0.207. The first-order valence-corrected chi connectivity index (χ1v) is 14.2. The molecular formula is C34H32N4O7. The molecule has 1 aromatic heterocycles. The highest BCUT2D eigenvalue weighted by molar-refractivity contribution is 5.91. The summed E-state index contributed by atoms with van der Waals surface area (Å²) in [6.07, 6.45) is -3.63. The molecule has 1 fully saturated rings. The first-order valence-electron chi connectivity index (χ1n) is 14.2. The van der Waals surface area contributed by atoms with Crippen molar-refractivity contribution in [3.8, 4) is 6.07 Å². The number of hydrogen-bond acceptors (Lipinski definition) is 10. The molecule has 1 aliphatic rings. The number of aromatic nitrogens is 2. The van der Waals surface area contributed by atoms with Gasteiger partial charge in [-0.1, -0.05) is 53.1 Å². The zero-order chi connectivity index (χ0) is 32.3. The first kappa shape index (κ1) is 31.0. The van der Waals surface area contributed by atoms with Crippen LogP contribution in [0.5, 0.6) is 0 Å². The van der Waals surface area contributed by atoms with Gasteiger partial charge in [0.2, 0.25) is 0 Å². The molecule has 4 atom stereocenters. The van der Waals surface area contributed by atoms with Crippen LogP contribution in [0.15, 0.2) is 72.8 Å². The van der Waals surface area contributed by atoms with Crippen LogP contribution in [0.4, 0.5) is 5.69 Å². The Hall–Kier alpha value is -5.47. The van der Waals surface area contributed by atoms with E-state index >= 15 is 0 Å². The SMILES string of the molecule is Cc1ccc(C(=O)OCC2OC(c3[nH]nc(C#N)c3N)[C@](C)(OC(=O)c3ccc(C)cc3)[C@@H]2OC(=O)c2ccc(C)cc2)cc1. The predicted octanol–water partition coefficient (Wildman–Crippen LogP) is 4.93. The van der Waals surface area contributed by atoms with Crippen LogP contribution in [0, 0.1) is 32.1 Å². The number of aromatic amines is 1. The number of nitriles is 1. The molecule has 45 heavy (non-hydrogen) atoms. The van der Waals surface area contributed by atoms with Gasteiger partial charge in [0, 0.05) is 0 Å². The van der Waals surface area contributed by atoms with Gasteiger partial charge in [0.1, 0.15) is 24.9 Å². The third-order valence-corrected chi connectivity index (χ3v) is 7.72. The molecule has 0 saturated carbocycles. The van der Waals surface area contributed by atoms with Crippen LogP contribution < -0.4 is 5.73 Å². The molecule has 11 nitrogen and oxygen atoms in total. The minimum Gasteiger partial charge on any atom is -0.459 e. The molecule has 0 radical (unpaired) electrons. The summed E-state index contributed by atoms with van der Waals surface area (Å²) in [5, 5.41) is 16.2. The maximum absolute atomic E-state index is 13.6. The van der Waals surface area contributed by atoms with E-state index in [0.717, 1.165) is 16.7 Å². The number of aryl methyl sites for hydroxylation is 3. The van der Waals surface area contributed by atoms with Crippen molar-refractivity contribution in [2.24, 2.45) is 0 Å². The summed E-state index contributed by atoms with van der Waals surface area (Å²) in [4.78, 5) is 40.0. The molecule has 11 heteroatoms. The largest absolute Gasteiger partial charge is 0.459 e. The number of anilines is 1. The summed E-state index contributed by atoms with van der Waals surface area (Å²) in [6, 6.07) is 22.2. The Morgan fingerprint density at radius 2 is 1.36 bits per heavy atom. The van der Waals surface area contributed by atoms with Crippen LogP contribution in [0.1, 0.15) is 72.2 Å². The second kappa shape index (κ2) is 12.6. The number of carbonyl (C=O) groups is 3. The number of nitrogens with two attached hydrogens (primary N) is 1. The van der Waals surface area contributed by atoms with Gasteiger partial charge >= 0.3 is 17.9 Å². The average molecular weight is 609 g/mol. The van der Waals surface area contributed by atoms with E-state index in [1.807, 2.05) is 26.8 Å². The first-order chi connectivity index (χ1) is 21.5. The van der Waals surface area contributed by atoms with Gasteiger partial charge in [0.15, 0.2) is 17.4 Å². The zero-order valence-electron chi connectivity index (χ0n) is 25.2. The molecule has 1 aliphatic heterocycles. The van der Waals surface area contributed by atoms with E-state index in [1.165, 1.54) is 6.92 Å². The van der Waals surface area contributed by atoms with Crippen molar-refractivity contribution in [3.05, 3.63) is 118 Å². The Bertz CT molecular complexity index is 1760. The molecule has 5 rings (SSSR count). The van der Waals surface area contributed by atoms with Gasteiger partial charge in [-0.05, 0) is 64.1 Å². The minimum atomic E-state index is -1.74. The van der Waals surface area contributed by atoms with E-state index in [0.29, 0.717) is 5.56 Å². The molecule has 4 aromatic rings. The van der Waals surface area contributed by atoms with E-state index in [9.17, 15) is 19.6 Å². The van der Waals surface area contributed by atoms with Crippen LogP contribution in [0.25, 0.3) is 0 Å². The summed E-state index contributed by atoms with van der Waals surface area (Å²) in [6.45, 7) is 6.83. The zero-order valence-corrected chi connectivity index (χ0v) is 25.2. The molecule has 230 valence electrons. The van der Waals surface area contributed by atoms with E-state index in [1.54, 1.807) is 72.8 Å². The molecule has 0 aliphatic carbocycles. The highest BCUT2D eigenvalue weighted by atomic mass is 16.7. The normalized spacial score (nSPS) is 20.6. The van der Waals surface area contributed by atoms with Gasteiger partial charge in [0.25, 0.3) is 0 Å². The van der Waals surface area contributed by atoms with Crippen LogP contribution in [0.2, 0.25) is 0 Å². The second-order valence-electron chi connectivity index (χ2n) is 11.2. The lowest BCUT2D eigenvalue weighted by atomic mass is 9.89. The highest BCUT2D eigenvalue weighted by Crippen LogP contribution is 2.47. The summed E-state index contributed by atoms with van der Waals surface area (Å²) in [7, 11) is 0. The number of esters is 3. The van der Waals surface area contributed by atoms with Crippen LogP contribution in [0.3, 0.4) is 0 Å². The number of ether oxygens (including phenoxy) is 4. The number of rotatable bonds is 8. The van der Waals surface area contributed by atoms with Crippen molar-refractivity contribution in [2.45, 2.75) is 51.6 Å². The fourth-order valence-corrected chi connectivity index (χ4v) is 5.09. The van der Waals surface area contributed by atoms with Gasteiger partial charge in [0.05, 0.1) is 28.1 Å². The van der Waals surface area contributed by atoms with Gasteiger partial charge < -0.3 is 24.7 Å². The number of nitrogens with zero attached hydrogens (tertiary/aromatic N) is 2. The molecule has 3 aromatic carbocycles. The molecule has 2 unspecified atom stereocenters. The summed E-state index contributed by atoms with van der Waals surface area (Å²) in [5.74, 6) is -2.07. The number of benzene rings is 3. The predicted molar refractivity (Wildman–Crippen MR) is 162 cm³/mol. The van der Waals surface area contributed by atoms with E-state index < -0.39 is 41.8 Å². The van der Waals surface area contributed by atoms with E-state index in [4.69, 9.17) is 24.7 Å².